The van der Waals surface area contributed by atoms with Gasteiger partial charge in [0.2, 0.25) is 10.0 Å². The third-order valence-electron chi connectivity index (χ3n) is 2.92. The van der Waals surface area contributed by atoms with E-state index in [0.29, 0.717) is 12.3 Å². The highest BCUT2D eigenvalue weighted by atomic mass is 32.2. The van der Waals surface area contributed by atoms with Gasteiger partial charge in [0.25, 0.3) is 0 Å². The Morgan fingerprint density at radius 1 is 1.20 bits per heavy atom. The normalized spacial score (nSPS) is 13.5. The summed E-state index contributed by atoms with van der Waals surface area (Å²) in [5.74, 6) is 0.328. The van der Waals surface area contributed by atoms with Crippen LogP contribution in [0, 0.1) is 5.92 Å². The Morgan fingerprint density at radius 2 is 1.75 bits per heavy atom. The number of nitrogens with one attached hydrogen (secondary N) is 1. The van der Waals surface area contributed by atoms with Gasteiger partial charge in [0.15, 0.2) is 0 Å². The first-order chi connectivity index (χ1) is 9.22. The molecule has 0 heterocycles. The predicted octanol–water partition coefficient (Wildman–Crippen LogP) is 1.44. The van der Waals surface area contributed by atoms with Gasteiger partial charge in [-0.2, -0.15) is 0 Å². The van der Waals surface area contributed by atoms with E-state index in [4.69, 9.17) is 0 Å². The third kappa shape index (κ3) is 5.11. The maximum Gasteiger partial charge on any atom is 0.240 e. The molecule has 0 spiro atoms. The third-order valence-corrected chi connectivity index (χ3v) is 4.36. The van der Waals surface area contributed by atoms with Gasteiger partial charge in [-0.05, 0) is 36.6 Å². The van der Waals surface area contributed by atoms with E-state index < -0.39 is 16.1 Å². The summed E-state index contributed by atoms with van der Waals surface area (Å²) in [6.45, 7) is 4.01. The molecule has 0 saturated heterocycles. The summed E-state index contributed by atoms with van der Waals surface area (Å²) in [5.41, 5.74) is 0.934. The fourth-order valence-electron chi connectivity index (χ4n) is 1.84. The van der Waals surface area contributed by atoms with Gasteiger partial charge in [0.05, 0.1) is 11.0 Å². The molecule has 1 aromatic rings. The molecule has 5 nitrogen and oxygen atoms in total. The van der Waals surface area contributed by atoms with E-state index in [1.807, 2.05) is 32.8 Å². The zero-order chi connectivity index (χ0) is 15.3. The Hall–Kier alpha value is -1.11. The number of rotatable bonds is 7. The van der Waals surface area contributed by atoms with Gasteiger partial charge in [-0.25, -0.2) is 13.1 Å². The number of aliphatic hydroxyl groups is 1. The van der Waals surface area contributed by atoms with Crippen LogP contribution in [0.5, 0.6) is 0 Å². The highest BCUT2D eigenvalue weighted by Crippen LogP contribution is 2.16. The molecular formula is C14H24N2O3S. The smallest absolute Gasteiger partial charge is 0.240 e. The Labute approximate surface area is 121 Å². The van der Waals surface area contributed by atoms with E-state index in [0.717, 1.165) is 5.69 Å². The first kappa shape index (κ1) is 16.9. The first-order valence-corrected chi connectivity index (χ1v) is 8.16. The Kier molecular flexibility index (Phi) is 5.98. The second-order valence-electron chi connectivity index (χ2n) is 5.52. The molecule has 0 fully saturated rings. The van der Waals surface area contributed by atoms with Gasteiger partial charge in [0, 0.05) is 26.3 Å². The van der Waals surface area contributed by atoms with Gasteiger partial charge < -0.3 is 10.0 Å². The molecule has 0 aliphatic heterocycles. The van der Waals surface area contributed by atoms with Crippen LogP contribution in [0.1, 0.15) is 20.3 Å². The van der Waals surface area contributed by atoms with Gasteiger partial charge >= 0.3 is 0 Å². The second-order valence-corrected chi connectivity index (χ2v) is 7.29. The van der Waals surface area contributed by atoms with Crippen molar-refractivity contribution < 1.29 is 13.5 Å². The van der Waals surface area contributed by atoms with Crippen molar-refractivity contribution in [3.05, 3.63) is 24.3 Å². The molecule has 0 amide bonds. The lowest BCUT2D eigenvalue weighted by atomic mass is 10.1. The van der Waals surface area contributed by atoms with E-state index in [-0.39, 0.29) is 11.4 Å². The second kappa shape index (κ2) is 7.06. The topological polar surface area (TPSA) is 69.6 Å². The zero-order valence-electron chi connectivity index (χ0n) is 12.5. The van der Waals surface area contributed by atoms with Crippen LogP contribution in [0.3, 0.4) is 0 Å². The standard InChI is InChI=1S/C14H24N2O3S/c1-11(2)9-13(17)10-15-20(18,19)14-7-5-12(6-8-14)16(3)4/h5-8,11,13,15,17H,9-10H2,1-4H3. The van der Waals surface area contributed by atoms with E-state index in [9.17, 15) is 13.5 Å². The molecule has 0 saturated carbocycles. The SMILES string of the molecule is CC(C)CC(O)CNS(=O)(=O)c1ccc(N(C)C)cc1. The van der Waals surface area contributed by atoms with Crippen LogP contribution >= 0.6 is 0 Å². The highest BCUT2D eigenvalue weighted by Gasteiger charge is 2.16. The number of hydrogen-bond donors (Lipinski definition) is 2. The van der Waals surface area contributed by atoms with Crippen molar-refractivity contribution >= 4 is 15.7 Å². The molecule has 6 heteroatoms. The fraction of sp³-hybridized carbons (Fsp3) is 0.571. The van der Waals surface area contributed by atoms with Crippen LogP contribution in [-0.4, -0.2) is 40.3 Å². The zero-order valence-corrected chi connectivity index (χ0v) is 13.3. The molecule has 0 aromatic heterocycles. The van der Waals surface area contributed by atoms with Crippen LogP contribution in [0.15, 0.2) is 29.2 Å². The van der Waals surface area contributed by atoms with Crippen molar-refractivity contribution in [3.63, 3.8) is 0 Å². The van der Waals surface area contributed by atoms with Crippen molar-refractivity contribution in [3.8, 4) is 0 Å². The minimum atomic E-state index is -3.56. The number of nitrogens with zero attached hydrogens (tertiary/aromatic N) is 1. The van der Waals surface area contributed by atoms with Gasteiger partial charge in [-0.1, -0.05) is 13.8 Å². The molecule has 1 rings (SSSR count). The van der Waals surface area contributed by atoms with Gasteiger partial charge in [-0.3, -0.25) is 0 Å². The number of sulfonamides is 1. The number of benzene rings is 1. The lowest BCUT2D eigenvalue weighted by Crippen LogP contribution is -2.32. The van der Waals surface area contributed by atoms with E-state index >= 15 is 0 Å². The lowest BCUT2D eigenvalue weighted by Gasteiger charge is -2.15. The quantitative estimate of drug-likeness (QED) is 0.799. The fourth-order valence-corrected chi connectivity index (χ4v) is 2.91. The van der Waals surface area contributed by atoms with Crippen LogP contribution < -0.4 is 9.62 Å². The van der Waals surface area contributed by atoms with Gasteiger partial charge in [-0.15, -0.1) is 0 Å². The molecule has 20 heavy (non-hydrogen) atoms. The van der Waals surface area contributed by atoms with Crippen molar-refractivity contribution in [2.24, 2.45) is 5.92 Å². The molecule has 1 unspecified atom stereocenters. The summed E-state index contributed by atoms with van der Waals surface area (Å²) in [6, 6.07) is 6.62. The summed E-state index contributed by atoms with van der Waals surface area (Å²) in [6.07, 6.45) is -0.0898. The van der Waals surface area contributed by atoms with Crippen molar-refractivity contribution in [2.75, 3.05) is 25.5 Å². The summed E-state index contributed by atoms with van der Waals surface area (Å²) >= 11 is 0. The summed E-state index contributed by atoms with van der Waals surface area (Å²) in [7, 11) is 0.224. The number of aliphatic hydroxyl groups excluding tert-OH is 1. The maximum atomic E-state index is 12.1. The Balaban J connectivity index is 2.69. The molecule has 1 atom stereocenters. The molecule has 114 valence electrons. The maximum absolute atomic E-state index is 12.1. The molecular weight excluding hydrogens is 276 g/mol. The highest BCUT2D eigenvalue weighted by molar-refractivity contribution is 7.89. The minimum absolute atomic E-state index is 0.0376. The summed E-state index contributed by atoms with van der Waals surface area (Å²) in [5, 5.41) is 9.71. The van der Waals surface area contributed by atoms with Crippen LogP contribution in [-0.2, 0) is 10.0 Å². The molecule has 0 aliphatic carbocycles. The van der Waals surface area contributed by atoms with Crippen molar-refractivity contribution in [1.29, 1.82) is 0 Å². The summed E-state index contributed by atoms with van der Waals surface area (Å²) < 4.78 is 26.6. The summed E-state index contributed by atoms with van der Waals surface area (Å²) in [4.78, 5) is 2.11. The molecule has 1 aromatic carbocycles. The van der Waals surface area contributed by atoms with Crippen LogP contribution in [0.2, 0.25) is 0 Å². The van der Waals surface area contributed by atoms with E-state index in [1.165, 1.54) is 0 Å². The van der Waals surface area contributed by atoms with E-state index in [1.54, 1.807) is 24.3 Å². The van der Waals surface area contributed by atoms with Crippen molar-refractivity contribution in [1.82, 2.24) is 4.72 Å². The average Bonchev–Trinajstić information content (AvgIpc) is 2.36. The Morgan fingerprint density at radius 3 is 2.20 bits per heavy atom. The molecule has 0 aliphatic rings. The molecule has 0 radical (unpaired) electrons. The van der Waals surface area contributed by atoms with Crippen LogP contribution in [0.25, 0.3) is 0 Å². The monoisotopic (exact) mass is 300 g/mol. The first-order valence-electron chi connectivity index (χ1n) is 6.67. The average molecular weight is 300 g/mol. The van der Waals surface area contributed by atoms with Gasteiger partial charge in [0.1, 0.15) is 0 Å². The largest absolute Gasteiger partial charge is 0.392 e. The Bertz CT molecular complexity index is 510. The lowest BCUT2D eigenvalue weighted by molar-refractivity contribution is 0.152. The number of hydrogen-bond acceptors (Lipinski definition) is 4. The molecule has 0 bridgehead atoms. The van der Waals surface area contributed by atoms with E-state index in [2.05, 4.69) is 4.72 Å². The minimum Gasteiger partial charge on any atom is -0.392 e. The van der Waals surface area contributed by atoms with Crippen molar-refractivity contribution in [2.45, 2.75) is 31.3 Å². The predicted molar refractivity (Wildman–Crippen MR) is 81.4 cm³/mol. The molecule has 2 N–H and O–H groups in total. The number of anilines is 1. The van der Waals surface area contributed by atoms with Crippen LogP contribution in [0.4, 0.5) is 5.69 Å².